The predicted molar refractivity (Wildman–Crippen MR) is 70.5 cm³/mol. The number of thioether (sulfide) groups is 1. The van der Waals surface area contributed by atoms with Crippen molar-refractivity contribution in [2.75, 3.05) is 0 Å². The van der Waals surface area contributed by atoms with E-state index in [4.69, 9.17) is 5.11 Å². The van der Waals surface area contributed by atoms with Crippen LogP contribution in [0, 0.1) is 0 Å². The molecule has 17 heavy (non-hydrogen) atoms. The molecule has 0 aliphatic rings. The Morgan fingerprint density at radius 3 is 2.94 bits per heavy atom. The summed E-state index contributed by atoms with van der Waals surface area (Å²) in [5.41, 5.74) is 1.13. The summed E-state index contributed by atoms with van der Waals surface area (Å²) in [7, 11) is 0. The van der Waals surface area contributed by atoms with E-state index in [2.05, 4.69) is 24.0 Å². The molecule has 0 saturated heterocycles. The molecular formula is C13H15NO2S. The van der Waals surface area contributed by atoms with Crippen LogP contribution < -0.4 is 0 Å². The fourth-order valence-electron chi connectivity index (χ4n) is 1.71. The predicted octanol–water partition coefficient (Wildman–Crippen LogP) is 3.51. The van der Waals surface area contributed by atoms with Gasteiger partial charge in [-0.2, -0.15) is 0 Å². The van der Waals surface area contributed by atoms with Crippen LogP contribution in [0.3, 0.4) is 0 Å². The minimum Gasteiger partial charge on any atom is -0.481 e. The molecule has 0 aliphatic heterocycles. The molecule has 1 aromatic carbocycles. The van der Waals surface area contributed by atoms with E-state index in [0.29, 0.717) is 11.7 Å². The van der Waals surface area contributed by atoms with Gasteiger partial charge in [0.25, 0.3) is 0 Å². The van der Waals surface area contributed by atoms with Gasteiger partial charge in [0.15, 0.2) is 0 Å². The van der Waals surface area contributed by atoms with E-state index < -0.39 is 5.97 Å². The molecule has 1 unspecified atom stereocenters. The lowest BCUT2D eigenvalue weighted by Crippen LogP contribution is -2.02. The highest BCUT2D eigenvalue weighted by Gasteiger charge is 2.09. The molecule has 0 aliphatic carbocycles. The number of carboxylic acid groups (broad SMARTS) is 1. The topological polar surface area (TPSA) is 53.1 Å². The fraction of sp³-hybridized carbons (Fsp3) is 0.308. The van der Waals surface area contributed by atoms with Crippen LogP contribution in [0.25, 0.3) is 10.9 Å². The summed E-state index contributed by atoms with van der Waals surface area (Å²) in [6.45, 7) is 2.05. The SMILES string of the molecule is CC(CCC(=O)O)Sc1cc2ccccc2[nH]1. The number of hydrogen-bond donors (Lipinski definition) is 2. The standard InChI is InChI=1S/C13H15NO2S/c1-9(6-7-13(15)16)17-12-8-10-4-2-3-5-11(10)14-12/h2-5,8-9,14H,6-7H2,1H3,(H,15,16). The van der Waals surface area contributed by atoms with Gasteiger partial charge >= 0.3 is 5.97 Å². The number of H-pyrrole nitrogens is 1. The number of carbonyl (C=O) groups is 1. The minimum absolute atomic E-state index is 0.231. The second-order valence-electron chi connectivity index (χ2n) is 4.08. The average Bonchev–Trinajstić information content (AvgIpc) is 2.68. The molecule has 2 N–H and O–H groups in total. The zero-order valence-electron chi connectivity index (χ0n) is 9.64. The Balaban J connectivity index is 2.00. The van der Waals surface area contributed by atoms with E-state index in [-0.39, 0.29) is 6.42 Å². The van der Waals surface area contributed by atoms with E-state index in [1.54, 1.807) is 11.8 Å². The Morgan fingerprint density at radius 2 is 2.24 bits per heavy atom. The normalized spacial score (nSPS) is 12.8. The van der Waals surface area contributed by atoms with E-state index in [9.17, 15) is 4.79 Å². The molecule has 1 aromatic heterocycles. The number of hydrogen-bond acceptors (Lipinski definition) is 2. The van der Waals surface area contributed by atoms with Crippen molar-refractivity contribution >= 4 is 28.6 Å². The van der Waals surface area contributed by atoms with Crippen molar-refractivity contribution < 1.29 is 9.90 Å². The van der Waals surface area contributed by atoms with Crippen LogP contribution in [0.1, 0.15) is 19.8 Å². The number of fused-ring (bicyclic) bond motifs is 1. The lowest BCUT2D eigenvalue weighted by molar-refractivity contribution is -0.137. The molecule has 0 radical (unpaired) electrons. The van der Waals surface area contributed by atoms with Gasteiger partial charge in [0, 0.05) is 22.6 Å². The monoisotopic (exact) mass is 249 g/mol. The number of aliphatic carboxylic acids is 1. The summed E-state index contributed by atoms with van der Waals surface area (Å²) in [6, 6.07) is 10.2. The highest BCUT2D eigenvalue weighted by Crippen LogP contribution is 2.28. The number of rotatable bonds is 5. The van der Waals surface area contributed by atoms with Crippen LogP contribution in [0.4, 0.5) is 0 Å². The van der Waals surface area contributed by atoms with Crippen LogP contribution >= 0.6 is 11.8 Å². The molecule has 0 amide bonds. The number of aromatic amines is 1. The van der Waals surface area contributed by atoms with Gasteiger partial charge in [-0.25, -0.2) is 0 Å². The molecule has 3 nitrogen and oxygen atoms in total. The first-order chi connectivity index (χ1) is 8.15. The first kappa shape index (κ1) is 12.0. The summed E-state index contributed by atoms with van der Waals surface area (Å²) >= 11 is 1.69. The number of carboxylic acids is 1. The summed E-state index contributed by atoms with van der Waals surface area (Å²) in [4.78, 5) is 13.8. The quantitative estimate of drug-likeness (QED) is 0.797. The molecule has 0 saturated carbocycles. The largest absolute Gasteiger partial charge is 0.481 e. The lowest BCUT2D eigenvalue weighted by Gasteiger charge is -2.07. The Labute approximate surface area is 104 Å². The molecule has 0 spiro atoms. The molecule has 4 heteroatoms. The highest BCUT2D eigenvalue weighted by molar-refractivity contribution is 7.99. The number of para-hydroxylation sites is 1. The molecule has 0 bridgehead atoms. The summed E-state index contributed by atoms with van der Waals surface area (Å²) in [5, 5.41) is 11.2. The van der Waals surface area contributed by atoms with Crippen LogP contribution in [-0.2, 0) is 4.79 Å². The average molecular weight is 249 g/mol. The van der Waals surface area contributed by atoms with Crippen molar-refractivity contribution in [3.63, 3.8) is 0 Å². The van der Waals surface area contributed by atoms with Crippen molar-refractivity contribution in [1.82, 2.24) is 4.98 Å². The van der Waals surface area contributed by atoms with Gasteiger partial charge in [0.05, 0.1) is 5.03 Å². The maximum Gasteiger partial charge on any atom is 0.303 e. The Kier molecular flexibility index (Phi) is 3.74. The van der Waals surface area contributed by atoms with Gasteiger partial charge < -0.3 is 10.1 Å². The molecule has 1 heterocycles. The highest BCUT2D eigenvalue weighted by atomic mass is 32.2. The first-order valence-electron chi connectivity index (χ1n) is 5.61. The zero-order valence-corrected chi connectivity index (χ0v) is 10.5. The van der Waals surface area contributed by atoms with Crippen LogP contribution in [0.5, 0.6) is 0 Å². The van der Waals surface area contributed by atoms with Gasteiger partial charge in [-0.1, -0.05) is 25.1 Å². The molecule has 1 atom stereocenters. The molecule has 2 aromatic rings. The molecule has 90 valence electrons. The van der Waals surface area contributed by atoms with Crippen molar-refractivity contribution in [3.8, 4) is 0 Å². The lowest BCUT2D eigenvalue weighted by atomic mass is 10.2. The van der Waals surface area contributed by atoms with E-state index in [1.807, 2.05) is 18.2 Å². The van der Waals surface area contributed by atoms with E-state index >= 15 is 0 Å². The fourth-order valence-corrected chi connectivity index (χ4v) is 2.75. The van der Waals surface area contributed by atoms with Gasteiger partial charge in [0.2, 0.25) is 0 Å². The van der Waals surface area contributed by atoms with Gasteiger partial charge in [0.1, 0.15) is 0 Å². The second-order valence-corrected chi connectivity index (χ2v) is 5.56. The van der Waals surface area contributed by atoms with Gasteiger partial charge in [-0.3, -0.25) is 4.79 Å². The third-order valence-corrected chi connectivity index (χ3v) is 3.71. The maximum absolute atomic E-state index is 10.5. The molecule has 0 fully saturated rings. The van der Waals surface area contributed by atoms with Crippen LogP contribution in [0.2, 0.25) is 0 Å². The maximum atomic E-state index is 10.5. The second kappa shape index (κ2) is 5.27. The van der Waals surface area contributed by atoms with Crippen molar-refractivity contribution in [2.24, 2.45) is 0 Å². The van der Waals surface area contributed by atoms with Crippen LogP contribution in [0.15, 0.2) is 35.4 Å². The van der Waals surface area contributed by atoms with Crippen LogP contribution in [-0.4, -0.2) is 21.3 Å². The summed E-state index contributed by atoms with van der Waals surface area (Å²) in [6.07, 6.45) is 0.920. The number of aromatic nitrogens is 1. The molecular weight excluding hydrogens is 234 g/mol. The molecule has 2 rings (SSSR count). The summed E-state index contributed by atoms with van der Waals surface area (Å²) < 4.78 is 0. The smallest absolute Gasteiger partial charge is 0.303 e. The van der Waals surface area contributed by atoms with Crippen molar-refractivity contribution in [1.29, 1.82) is 0 Å². The Hall–Kier alpha value is -1.42. The van der Waals surface area contributed by atoms with E-state index in [0.717, 1.165) is 10.5 Å². The Morgan fingerprint density at radius 1 is 1.47 bits per heavy atom. The third kappa shape index (κ3) is 3.27. The number of benzene rings is 1. The zero-order chi connectivity index (χ0) is 12.3. The van der Waals surface area contributed by atoms with Crippen molar-refractivity contribution in [2.45, 2.75) is 30.0 Å². The minimum atomic E-state index is -0.728. The Bertz CT molecular complexity index is 488. The van der Waals surface area contributed by atoms with E-state index in [1.165, 1.54) is 5.39 Å². The van der Waals surface area contributed by atoms with Crippen molar-refractivity contribution in [3.05, 3.63) is 30.3 Å². The third-order valence-electron chi connectivity index (χ3n) is 2.60. The van der Waals surface area contributed by atoms with Gasteiger partial charge in [-0.05, 0) is 18.6 Å². The number of nitrogens with one attached hydrogen (secondary N) is 1. The van der Waals surface area contributed by atoms with Gasteiger partial charge in [-0.15, -0.1) is 11.8 Å². The summed E-state index contributed by atoms with van der Waals surface area (Å²) in [5.74, 6) is -0.728. The first-order valence-corrected chi connectivity index (χ1v) is 6.49.